The number of carbonyl (C=O) groups is 3. The zero-order valence-electron chi connectivity index (χ0n) is 21.2. The van der Waals surface area contributed by atoms with Crippen LogP contribution in [0.15, 0.2) is 48.5 Å². The minimum absolute atomic E-state index is 0.0522. The van der Waals surface area contributed by atoms with Crippen molar-refractivity contribution in [2.75, 3.05) is 14.2 Å². The molecule has 4 atom stereocenters. The highest BCUT2D eigenvalue weighted by atomic mass is 35.5. The van der Waals surface area contributed by atoms with Crippen molar-refractivity contribution in [3.63, 3.8) is 0 Å². The maximum atomic E-state index is 13.6. The summed E-state index contributed by atoms with van der Waals surface area (Å²) in [6, 6.07) is 5.49. The molecule has 13 heteroatoms. The molecule has 4 rings (SSSR count). The summed E-state index contributed by atoms with van der Waals surface area (Å²) in [6.07, 6.45) is -1.70. The van der Waals surface area contributed by atoms with Crippen molar-refractivity contribution in [2.45, 2.75) is 24.2 Å². The van der Waals surface area contributed by atoms with Gasteiger partial charge in [-0.05, 0) is 48.5 Å². The third-order valence-corrected chi connectivity index (χ3v) is 6.86. The smallest absolute Gasteiger partial charge is 0.330 e. The lowest BCUT2D eigenvalue weighted by Gasteiger charge is -2.29. The number of ether oxygens (including phenoxy) is 1. The first-order chi connectivity index (χ1) is 19.0. The molecule has 0 fully saturated rings. The van der Waals surface area contributed by atoms with Crippen LogP contribution < -0.4 is 20.7 Å². The number of aliphatic hydroxyl groups is 1. The summed E-state index contributed by atoms with van der Waals surface area (Å²) in [5.74, 6) is -4.62. The first kappa shape index (κ1) is 28.5. The molecule has 0 radical (unpaired) electrons. The molecule has 0 saturated carbocycles. The molecule has 2 amide bonds. The number of phenolic OH excluding ortho intramolecular Hbond substituents is 3. The van der Waals surface area contributed by atoms with Gasteiger partial charge in [0.2, 0.25) is 11.8 Å². The number of nitrogens with one attached hydrogen (secondary N) is 3. The van der Waals surface area contributed by atoms with Crippen molar-refractivity contribution in [3.8, 4) is 34.1 Å². The largest absolute Gasteiger partial charge is 0.508 e. The second-order valence-electron chi connectivity index (χ2n) is 9.03. The zero-order chi connectivity index (χ0) is 29.3. The van der Waals surface area contributed by atoms with Gasteiger partial charge in [0.05, 0.1) is 12.1 Å². The average Bonchev–Trinajstić information content (AvgIpc) is 2.90. The van der Waals surface area contributed by atoms with Gasteiger partial charge in [0, 0.05) is 22.8 Å². The Morgan fingerprint density at radius 3 is 2.35 bits per heavy atom. The van der Waals surface area contributed by atoms with Crippen LogP contribution in [0, 0.1) is 0 Å². The Hall–Kier alpha value is -4.52. The highest BCUT2D eigenvalue weighted by Gasteiger charge is 2.37. The first-order valence-electron chi connectivity index (χ1n) is 11.9. The predicted octanol–water partition coefficient (Wildman–Crippen LogP) is 1.87. The fourth-order valence-electron chi connectivity index (χ4n) is 4.63. The highest BCUT2D eigenvalue weighted by Crippen LogP contribution is 2.44. The van der Waals surface area contributed by atoms with Crippen LogP contribution in [0.3, 0.4) is 0 Å². The number of fused-ring (bicyclic) bond motifs is 4. The lowest BCUT2D eigenvalue weighted by atomic mass is 9.89. The predicted molar refractivity (Wildman–Crippen MR) is 142 cm³/mol. The number of benzene rings is 3. The number of aliphatic hydroxyl groups excluding tert-OH is 1. The minimum atomic E-state index is -1.89. The summed E-state index contributed by atoms with van der Waals surface area (Å²) >= 11 is 6.19. The number of halogens is 1. The van der Waals surface area contributed by atoms with E-state index < -0.39 is 53.5 Å². The number of aromatic hydroxyl groups is 3. The molecule has 0 aromatic heterocycles. The molecule has 0 aliphatic carbocycles. The third kappa shape index (κ3) is 5.32. The molecule has 3 aromatic rings. The van der Waals surface area contributed by atoms with Gasteiger partial charge < -0.3 is 46.2 Å². The molecule has 1 heterocycles. The molecule has 1 aliphatic heterocycles. The maximum Gasteiger partial charge on any atom is 0.330 e. The Bertz CT molecular complexity index is 1500. The Morgan fingerprint density at radius 2 is 1.73 bits per heavy atom. The number of aliphatic carboxylic acids is 1. The fraction of sp³-hybridized carbons (Fsp3) is 0.222. The number of carbonyl (C=O) groups excluding carboxylic acids is 2. The van der Waals surface area contributed by atoms with E-state index in [1.165, 1.54) is 50.6 Å². The summed E-state index contributed by atoms with van der Waals surface area (Å²) in [5.41, 5.74) is -0.114. The second-order valence-corrected chi connectivity index (χ2v) is 9.44. The fourth-order valence-corrected chi connectivity index (χ4v) is 4.89. The molecule has 12 nitrogen and oxygen atoms in total. The van der Waals surface area contributed by atoms with Crippen molar-refractivity contribution in [1.29, 1.82) is 0 Å². The van der Waals surface area contributed by atoms with Gasteiger partial charge in [0.1, 0.15) is 41.2 Å². The Labute approximate surface area is 232 Å². The number of hydrogen-bond acceptors (Lipinski definition) is 9. The van der Waals surface area contributed by atoms with Crippen molar-refractivity contribution in [3.05, 3.63) is 70.2 Å². The van der Waals surface area contributed by atoms with E-state index in [0.717, 1.165) is 12.1 Å². The number of likely N-dealkylation sites (N-methyl/N-ethyl adjacent to an activating group) is 1. The molecule has 2 bridgehead atoms. The zero-order valence-corrected chi connectivity index (χ0v) is 21.9. The SMILES string of the molecule is CN[C@H]1C(=O)N[C@@H]([C@H](O)c2ccc(OC)c(Cl)c2)C(=O)N[C@H](C(=O)O)c2cc(O)cc(O)c2-c2cc1ccc2O. The minimum Gasteiger partial charge on any atom is -0.508 e. The molecule has 0 spiro atoms. The molecular weight excluding hydrogens is 546 g/mol. The van der Waals surface area contributed by atoms with Gasteiger partial charge in [-0.2, -0.15) is 0 Å². The maximum absolute atomic E-state index is 13.6. The lowest BCUT2D eigenvalue weighted by molar-refractivity contribution is -0.143. The van der Waals surface area contributed by atoms with Gasteiger partial charge in [-0.15, -0.1) is 0 Å². The molecule has 40 heavy (non-hydrogen) atoms. The molecule has 0 saturated heterocycles. The van der Waals surface area contributed by atoms with Gasteiger partial charge in [-0.25, -0.2) is 4.79 Å². The number of rotatable bonds is 5. The molecule has 210 valence electrons. The number of carboxylic acid groups (broad SMARTS) is 1. The van der Waals surface area contributed by atoms with Crippen LogP contribution in [0.25, 0.3) is 11.1 Å². The topological polar surface area (TPSA) is 198 Å². The standard InChI is InChI=1S/C27H26ClN3O9/c1-29-21-11-3-5-17(33)14(7-11)20-15(9-13(32)10-18(20)34)22(27(38)39)30-26(37)23(31-25(21)36)24(35)12-4-6-19(40-2)16(28)8-12/h3-10,21-24,29,32-35H,1-2H3,(H,30,37)(H,31,36)(H,38,39)/t21-,22+,23+,24-/m1/s1. The second kappa shape index (κ2) is 11.3. The average molecular weight is 572 g/mol. The van der Waals surface area contributed by atoms with E-state index in [-0.39, 0.29) is 38.6 Å². The van der Waals surface area contributed by atoms with Crippen LogP contribution in [0.4, 0.5) is 0 Å². The van der Waals surface area contributed by atoms with E-state index in [1.54, 1.807) is 0 Å². The van der Waals surface area contributed by atoms with Crippen LogP contribution in [-0.2, 0) is 14.4 Å². The van der Waals surface area contributed by atoms with Gasteiger partial charge in [-0.1, -0.05) is 23.7 Å². The van der Waals surface area contributed by atoms with Crippen molar-refractivity contribution >= 4 is 29.4 Å². The van der Waals surface area contributed by atoms with Crippen molar-refractivity contribution < 1.29 is 44.7 Å². The van der Waals surface area contributed by atoms with Crippen molar-refractivity contribution in [1.82, 2.24) is 16.0 Å². The molecule has 0 unspecified atom stereocenters. The summed E-state index contributed by atoms with van der Waals surface area (Å²) < 4.78 is 5.11. The van der Waals surface area contributed by atoms with E-state index in [2.05, 4.69) is 16.0 Å². The third-order valence-electron chi connectivity index (χ3n) is 6.56. The number of phenols is 3. The van der Waals surface area contributed by atoms with E-state index in [4.69, 9.17) is 16.3 Å². The van der Waals surface area contributed by atoms with Crippen molar-refractivity contribution in [2.24, 2.45) is 0 Å². The molecule has 3 aromatic carbocycles. The van der Waals surface area contributed by atoms with Crippen LogP contribution in [0.1, 0.15) is 34.9 Å². The summed E-state index contributed by atoms with van der Waals surface area (Å²) in [6.45, 7) is 0. The van der Waals surface area contributed by atoms with Gasteiger partial charge in [-0.3, -0.25) is 9.59 Å². The van der Waals surface area contributed by atoms with E-state index in [0.29, 0.717) is 5.75 Å². The Balaban J connectivity index is 1.94. The van der Waals surface area contributed by atoms with Crippen LogP contribution >= 0.6 is 11.6 Å². The highest BCUT2D eigenvalue weighted by molar-refractivity contribution is 6.32. The van der Waals surface area contributed by atoms with Crippen LogP contribution in [-0.4, -0.2) is 63.5 Å². The Kier molecular flexibility index (Phi) is 8.05. The summed E-state index contributed by atoms with van der Waals surface area (Å²) in [4.78, 5) is 39.4. The van der Waals surface area contributed by atoms with E-state index >= 15 is 0 Å². The van der Waals surface area contributed by atoms with Gasteiger partial charge in [0.15, 0.2) is 6.04 Å². The number of methoxy groups -OCH3 is 1. The number of hydrogen-bond donors (Lipinski definition) is 8. The normalized spacial score (nSPS) is 19.8. The number of amides is 2. The lowest BCUT2D eigenvalue weighted by Crippen LogP contribution is -2.53. The molecule has 8 N–H and O–H groups in total. The molecule has 1 aliphatic rings. The van der Waals surface area contributed by atoms with Crippen LogP contribution in [0.2, 0.25) is 5.02 Å². The Morgan fingerprint density at radius 1 is 1.00 bits per heavy atom. The van der Waals surface area contributed by atoms with Gasteiger partial charge in [0.25, 0.3) is 0 Å². The van der Waals surface area contributed by atoms with Gasteiger partial charge >= 0.3 is 5.97 Å². The summed E-state index contributed by atoms with van der Waals surface area (Å²) in [7, 11) is 2.87. The van der Waals surface area contributed by atoms with E-state index in [9.17, 15) is 39.9 Å². The van der Waals surface area contributed by atoms with Crippen LogP contribution in [0.5, 0.6) is 23.0 Å². The number of carboxylic acids is 1. The monoisotopic (exact) mass is 571 g/mol. The molecular formula is C27H26ClN3O9. The summed E-state index contributed by atoms with van der Waals surface area (Å²) in [5, 5.41) is 60.5. The van der Waals surface area contributed by atoms with E-state index in [1.807, 2.05) is 0 Å². The first-order valence-corrected chi connectivity index (χ1v) is 12.3. The quantitative estimate of drug-likeness (QED) is 0.224.